The average molecular weight is 365 g/mol. The van der Waals surface area contributed by atoms with Crippen LogP contribution in [0.4, 0.5) is 4.79 Å². The molecule has 1 saturated carbocycles. The number of carbonyl (C=O) groups excluding carboxylic acids is 1. The molecule has 7 heteroatoms. The number of hydrogen-bond donors (Lipinski definition) is 1. The summed E-state index contributed by atoms with van der Waals surface area (Å²) in [6, 6.07) is 9.79. The number of imidazole rings is 1. The number of aromatic nitrogens is 3. The summed E-state index contributed by atoms with van der Waals surface area (Å²) in [6.07, 6.45) is 6.03. The fraction of sp³-hybridized carbons (Fsp3) is 0.350. The molecule has 0 spiro atoms. The van der Waals surface area contributed by atoms with Gasteiger partial charge in [-0.25, -0.2) is 9.78 Å². The lowest BCUT2D eigenvalue weighted by Gasteiger charge is -2.18. The molecule has 7 nitrogen and oxygen atoms in total. The van der Waals surface area contributed by atoms with Crippen LogP contribution in [0.2, 0.25) is 0 Å². The van der Waals surface area contributed by atoms with Gasteiger partial charge < -0.3 is 19.3 Å². The first-order chi connectivity index (χ1) is 13.1. The van der Waals surface area contributed by atoms with E-state index >= 15 is 0 Å². The van der Waals surface area contributed by atoms with Crippen molar-refractivity contribution in [3.05, 3.63) is 65.6 Å². The van der Waals surface area contributed by atoms with E-state index in [2.05, 4.69) is 15.5 Å². The summed E-state index contributed by atoms with van der Waals surface area (Å²) in [5, 5.41) is 7.05. The van der Waals surface area contributed by atoms with Gasteiger partial charge in [-0.05, 0) is 31.4 Å². The Hall–Kier alpha value is -3.09. The molecule has 0 aliphatic heterocycles. The van der Waals surface area contributed by atoms with Crippen LogP contribution in [0.25, 0.3) is 5.69 Å². The normalized spacial score (nSPS) is 13.6. The predicted molar refractivity (Wildman–Crippen MR) is 100 cm³/mol. The highest BCUT2D eigenvalue weighted by Gasteiger charge is 2.28. The smallest absolute Gasteiger partial charge is 0.317 e. The lowest BCUT2D eigenvalue weighted by atomic mass is 10.1. The van der Waals surface area contributed by atoms with Gasteiger partial charge in [0.15, 0.2) is 0 Å². The molecule has 0 radical (unpaired) electrons. The lowest BCUT2D eigenvalue weighted by molar-refractivity contribution is 0.205. The van der Waals surface area contributed by atoms with Gasteiger partial charge in [-0.3, -0.25) is 0 Å². The van der Waals surface area contributed by atoms with Gasteiger partial charge in [0.05, 0.1) is 12.2 Å². The zero-order valence-corrected chi connectivity index (χ0v) is 15.6. The molecule has 0 unspecified atom stereocenters. The Morgan fingerprint density at radius 2 is 2.19 bits per heavy atom. The van der Waals surface area contributed by atoms with Crippen LogP contribution >= 0.6 is 0 Å². The highest BCUT2D eigenvalue weighted by molar-refractivity contribution is 5.74. The second kappa shape index (κ2) is 7.26. The topological polar surface area (TPSA) is 76.2 Å². The zero-order chi connectivity index (χ0) is 18.8. The number of nitrogens with one attached hydrogen (secondary N) is 1. The predicted octanol–water partition coefficient (Wildman–Crippen LogP) is 3.39. The number of urea groups is 1. The molecule has 1 aromatic carbocycles. The van der Waals surface area contributed by atoms with Crippen molar-refractivity contribution >= 4 is 6.03 Å². The van der Waals surface area contributed by atoms with Gasteiger partial charge in [-0.15, -0.1) is 0 Å². The minimum Gasteiger partial charge on any atom is -0.361 e. The van der Waals surface area contributed by atoms with E-state index in [0.29, 0.717) is 19.0 Å². The van der Waals surface area contributed by atoms with E-state index in [4.69, 9.17) is 4.52 Å². The lowest BCUT2D eigenvalue weighted by Crippen LogP contribution is -2.36. The highest BCUT2D eigenvalue weighted by atomic mass is 16.5. The molecule has 2 heterocycles. The van der Waals surface area contributed by atoms with Gasteiger partial charge in [0.1, 0.15) is 17.3 Å². The Kier molecular flexibility index (Phi) is 4.66. The third-order valence-electron chi connectivity index (χ3n) is 4.81. The molecule has 27 heavy (non-hydrogen) atoms. The Balaban J connectivity index is 1.38. The number of rotatable bonds is 6. The Bertz CT molecular complexity index is 941. The van der Waals surface area contributed by atoms with Crippen molar-refractivity contribution in [1.82, 2.24) is 24.9 Å². The fourth-order valence-electron chi connectivity index (χ4n) is 3.11. The van der Waals surface area contributed by atoms with Crippen molar-refractivity contribution in [2.24, 2.45) is 0 Å². The Morgan fingerprint density at radius 3 is 2.93 bits per heavy atom. The number of para-hydroxylation sites is 1. The maximum Gasteiger partial charge on any atom is 0.317 e. The van der Waals surface area contributed by atoms with Crippen molar-refractivity contribution in [3.8, 4) is 5.69 Å². The van der Waals surface area contributed by atoms with Crippen LogP contribution in [0, 0.1) is 6.92 Å². The molecule has 0 atom stereocenters. The number of hydrogen-bond acceptors (Lipinski definition) is 4. The second-order valence-corrected chi connectivity index (χ2v) is 6.98. The quantitative estimate of drug-likeness (QED) is 0.726. The zero-order valence-electron chi connectivity index (χ0n) is 15.6. The SMILES string of the molecule is Cc1nccn1-c1ccccc1CNC(=O)N(C)Cc1cc(C2CC2)on1. The number of carbonyl (C=O) groups is 1. The van der Waals surface area contributed by atoms with Crippen LogP contribution in [0.15, 0.2) is 47.2 Å². The van der Waals surface area contributed by atoms with Crippen LogP contribution in [0.5, 0.6) is 0 Å². The summed E-state index contributed by atoms with van der Waals surface area (Å²) in [4.78, 5) is 18.4. The maximum absolute atomic E-state index is 12.5. The first kappa shape index (κ1) is 17.3. The van der Waals surface area contributed by atoms with Crippen molar-refractivity contribution in [3.63, 3.8) is 0 Å². The van der Waals surface area contributed by atoms with Crippen molar-refractivity contribution in [2.75, 3.05) is 7.05 Å². The molecule has 1 N–H and O–H groups in total. The molecule has 3 aromatic rings. The first-order valence-corrected chi connectivity index (χ1v) is 9.14. The molecule has 0 bridgehead atoms. The largest absolute Gasteiger partial charge is 0.361 e. The van der Waals surface area contributed by atoms with Crippen molar-refractivity contribution in [1.29, 1.82) is 0 Å². The average Bonchev–Trinajstić information content (AvgIpc) is 3.28. The number of nitrogens with zero attached hydrogens (tertiary/aromatic N) is 4. The molecule has 4 rings (SSSR count). The maximum atomic E-state index is 12.5. The second-order valence-electron chi connectivity index (χ2n) is 6.98. The standard InChI is InChI=1S/C20H23N5O2/c1-14-21-9-10-25(14)18-6-4-3-5-16(18)12-22-20(26)24(2)13-17-11-19(27-23-17)15-7-8-15/h3-6,9-11,15H,7-8,12-13H2,1-2H3,(H,22,26). The van der Waals surface area contributed by atoms with E-state index in [1.54, 1.807) is 18.1 Å². The molecule has 1 fully saturated rings. The molecule has 140 valence electrons. The van der Waals surface area contributed by atoms with Gasteiger partial charge in [0.25, 0.3) is 0 Å². The minimum atomic E-state index is -0.150. The third kappa shape index (κ3) is 3.86. The molecule has 0 saturated heterocycles. The summed E-state index contributed by atoms with van der Waals surface area (Å²) >= 11 is 0. The van der Waals surface area contributed by atoms with E-state index in [-0.39, 0.29) is 6.03 Å². The molecular weight excluding hydrogens is 342 g/mol. The van der Waals surface area contributed by atoms with Crippen LogP contribution in [-0.4, -0.2) is 32.7 Å². The molecule has 2 aromatic heterocycles. The molecular formula is C20H23N5O2. The van der Waals surface area contributed by atoms with Crippen LogP contribution < -0.4 is 5.32 Å². The first-order valence-electron chi connectivity index (χ1n) is 9.14. The van der Waals surface area contributed by atoms with Gasteiger partial charge in [0.2, 0.25) is 0 Å². The summed E-state index contributed by atoms with van der Waals surface area (Å²) in [5.41, 5.74) is 2.82. The number of benzene rings is 1. The number of aryl methyl sites for hydroxylation is 1. The van der Waals surface area contributed by atoms with Crippen molar-refractivity contribution < 1.29 is 9.32 Å². The summed E-state index contributed by atoms with van der Waals surface area (Å²) in [6.45, 7) is 2.81. The van der Waals surface area contributed by atoms with Gasteiger partial charge in [0, 0.05) is 38.0 Å². The summed E-state index contributed by atoms with van der Waals surface area (Å²) < 4.78 is 7.36. The van der Waals surface area contributed by atoms with Gasteiger partial charge in [-0.2, -0.15) is 0 Å². The van der Waals surface area contributed by atoms with E-state index in [0.717, 1.165) is 28.5 Å². The van der Waals surface area contributed by atoms with Gasteiger partial charge in [-0.1, -0.05) is 23.4 Å². The Labute approximate surface area is 158 Å². The van der Waals surface area contributed by atoms with Gasteiger partial charge >= 0.3 is 6.03 Å². The third-order valence-corrected chi connectivity index (χ3v) is 4.81. The minimum absolute atomic E-state index is 0.150. The summed E-state index contributed by atoms with van der Waals surface area (Å²) in [7, 11) is 1.76. The fourth-order valence-corrected chi connectivity index (χ4v) is 3.11. The van der Waals surface area contributed by atoms with E-state index in [1.165, 1.54) is 12.8 Å². The van der Waals surface area contributed by atoms with E-state index in [9.17, 15) is 4.79 Å². The van der Waals surface area contributed by atoms with Crippen LogP contribution in [-0.2, 0) is 13.1 Å². The number of amides is 2. The van der Waals surface area contributed by atoms with Crippen molar-refractivity contribution in [2.45, 2.75) is 38.8 Å². The molecule has 1 aliphatic carbocycles. The molecule has 1 aliphatic rings. The van der Waals surface area contributed by atoms with E-state index in [1.807, 2.05) is 48.0 Å². The molecule has 2 amide bonds. The Morgan fingerprint density at radius 1 is 1.37 bits per heavy atom. The highest BCUT2D eigenvalue weighted by Crippen LogP contribution is 2.40. The van der Waals surface area contributed by atoms with Crippen LogP contribution in [0.3, 0.4) is 0 Å². The van der Waals surface area contributed by atoms with Crippen LogP contribution in [0.1, 0.15) is 41.6 Å². The van der Waals surface area contributed by atoms with E-state index < -0.39 is 0 Å². The summed E-state index contributed by atoms with van der Waals surface area (Å²) in [5.74, 6) is 2.36. The monoisotopic (exact) mass is 365 g/mol.